The quantitative estimate of drug-likeness (QED) is 0.737. The summed E-state index contributed by atoms with van der Waals surface area (Å²) in [5, 5.41) is 10.9. The van der Waals surface area contributed by atoms with E-state index in [4.69, 9.17) is 9.84 Å². The molecule has 2 N–H and O–H groups in total. The summed E-state index contributed by atoms with van der Waals surface area (Å²) in [7, 11) is 0. The maximum atomic E-state index is 12.6. The first-order chi connectivity index (χ1) is 8.99. The Hall–Kier alpha value is -2.11. The van der Waals surface area contributed by atoms with Crippen LogP contribution in [0.5, 0.6) is 5.75 Å². The lowest BCUT2D eigenvalue weighted by molar-refractivity contribution is -0.141. The summed E-state index contributed by atoms with van der Waals surface area (Å²) in [6.45, 7) is 1.70. The van der Waals surface area contributed by atoms with Gasteiger partial charge in [0.25, 0.3) is 0 Å². The van der Waals surface area contributed by atoms with Gasteiger partial charge in [-0.2, -0.15) is 0 Å². The number of nitrogens with one attached hydrogen (secondary N) is 1. The molecule has 0 radical (unpaired) electrons. The topological polar surface area (TPSA) is 75.6 Å². The van der Waals surface area contributed by atoms with E-state index in [1.807, 2.05) is 0 Å². The Labute approximate surface area is 110 Å². The van der Waals surface area contributed by atoms with Crippen LogP contribution in [0.4, 0.5) is 4.39 Å². The van der Waals surface area contributed by atoms with Crippen LogP contribution in [0.1, 0.15) is 19.8 Å². The third kappa shape index (κ3) is 5.85. The monoisotopic (exact) mass is 269 g/mol. The van der Waals surface area contributed by atoms with Crippen molar-refractivity contribution < 1.29 is 23.8 Å². The Morgan fingerprint density at radius 1 is 1.37 bits per heavy atom. The van der Waals surface area contributed by atoms with Crippen molar-refractivity contribution in [3.63, 3.8) is 0 Å². The van der Waals surface area contributed by atoms with Gasteiger partial charge in [0.1, 0.15) is 17.6 Å². The van der Waals surface area contributed by atoms with Gasteiger partial charge in [0.05, 0.1) is 6.61 Å². The van der Waals surface area contributed by atoms with Crippen molar-refractivity contribution >= 4 is 11.9 Å². The van der Waals surface area contributed by atoms with Crippen molar-refractivity contribution in [1.29, 1.82) is 0 Å². The average Bonchev–Trinajstić information content (AvgIpc) is 2.36. The normalized spacial score (nSPS) is 11.7. The molecule has 0 aliphatic carbocycles. The van der Waals surface area contributed by atoms with E-state index in [9.17, 15) is 14.0 Å². The molecule has 0 unspecified atom stereocenters. The van der Waals surface area contributed by atoms with E-state index in [2.05, 4.69) is 5.32 Å². The Balaban J connectivity index is 2.18. The minimum absolute atomic E-state index is 0.179. The second kappa shape index (κ2) is 7.35. The van der Waals surface area contributed by atoms with Crippen molar-refractivity contribution in [1.82, 2.24) is 5.32 Å². The number of amides is 1. The van der Waals surface area contributed by atoms with E-state index >= 15 is 0 Å². The molecule has 0 aliphatic rings. The van der Waals surface area contributed by atoms with E-state index in [0.29, 0.717) is 18.8 Å². The fourth-order valence-corrected chi connectivity index (χ4v) is 1.33. The molecule has 1 aromatic rings. The summed E-state index contributed by atoms with van der Waals surface area (Å²) in [4.78, 5) is 21.8. The number of carboxylic acids is 1. The molecule has 1 aromatic carbocycles. The minimum atomic E-state index is -1.07. The standard InChI is InChI=1S/C13H16FNO4/c1-9(13(17)18)15-12(16)3-2-8-19-11-6-4-10(14)5-7-11/h4-7,9H,2-3,8H2,1H3,(H,15,16)(H,17,18)/t9-/m0/s1. The second-order valence-corrected chi connectivity index (χ2v) is 4.03. The van der Waals surface area contributed by atoms with Crippen LogP contribution in [0.25, 0.3) is 0 Å². The number of hydrogen-bond acceptors (Lipinski definition) is 3. The predicted octanol–water partition coefficient (Wildman–Crippen LogP) is 1.57. The molecule has 1 rings (SSSR count). The van der Waals surface area contributed by atoms with Crippen molar-refractivity contribution in [2.24, 2.45) is 0 Å². The number of benzene rings is 1. The zero-order valence-corrected chi connectivity index (χ0v) is 10.6. The summed E-state index contributed by atoms with van der Waals surface area (Å²) < 4.78 is 17.9. The van der Waals surface area contributed by atoms with Gasteiger partial charge in [0.2, 0.25) is 5.91 Å². The molecular formula is C13H16FNO4. The number of aliphatic carboxylic acids is 1. The lowest BCUT2D eigenvalue weighted by Crippen LogP contribution is -2.38. The fourth-order valence-electron chi connectivity index (χ4n) is 1.33. The first kappa shape index (κ1) is 14.9. The van der Waals surface area contributed by atoms with E-state index in [1.165, 1.54) is 31.2 Å². The molecule has 0 spiro atoms. The maximum absolute atomic E-state index is 12.6. The lowest BCUT2D eigenvalue weighted by atomic mass is 10.2. The Morgan fingerprint density at radius 2 is 2.00 bits per heavy atom. The number of carboxylic acid groups (broad SMARTS) is 1. The predicted molar refractivity (Wildman–Crippen MR) is 66.4 cm³/mol. The van der Waals surface area contributed by atoms with Crippen molar-refractivity contribution in [3.8, 4) is 5.75 Å². The number of carbonyl (C=O) groups is 2. The smallest absolute Gasteiger partial charge is 0.325 e. The Kier molecular flexibility index (Phi) is 5.78. The molecule has 0 aromatic heterocycles. The third-order valence-corrected chi connectivity index (χ3v) is 2.38. The summed E-state index contributed by atoms with van der Waals surface area (Å²) in [6.07, 6.45) is 0.633. The first-order valence-corrected chi connectivity index (χ1v) is 5.89. The molecule has 0 saturated carbocycles. The van der Waals surface area contributed by atoms with E-state index in [1.54, 1.807) is 0 Å². The molecule has 19 heavy (non-hydrogen) atoms. The minimum Gasteiger partial charge on any atom is -0.494 e. The van der Waals surface area contributed by atoms with E-state index in [-0.39, 0.29) is 18.1 Å². The van der Waals surface area contributed by atoms with Crippen LogP contribution in [-0.4, -0.2) is 29.6 Å². The summed E-state index contributed by atoms with van der Waals surface area (Å²) in [5.74, 6) is -1.22. The fraction of sp³-hybridized carbons (Fsp3) is 0.385. The number of halogens is 1. The SMILES string of the molecule is C[C@H](NC(=O)CCCOc1ccc(F)cc1)C(=O)O. The number of rotatable bonds is 7. The molecule has 0 heterocycles. The number of hydrogen-bond donors (Lipinski definition) is 2. The van der Waals surface area contributed by atoms with Gasteiger partial charge < -0.3 is 15.2 Å². The summed E-state index contributed by atoms with van der Waals surface area (Å²) in [6, 6.07) is 4.68. The Bertz CT molecular complexity index is 433. The maximum Gasteiger partial charge on any atom is 0.325 e. The third-order valence-electron chi connectivity index (χ3n) is 2.38. The highest BCUT2D eigenvalue weighted by Gasteiger charge is 2.13. The Morgan fingerprint density at radius 3 is 2.58 bits per heavy atom. The van der Waals surface area contributed by atoms with Gasteiger partial charge in [-0.1, -0.05) is 0 Å². The van der Waals surface area contributed by atoms with E-state index < -0.39 is 12.0 Å². The van der Waals surface area contributed by atoms with Gasteiger partial charge in [0, 0.05) is 6.42 Å². The zero-order chi connectivity index (χ0) is 14.3. The molecule has 5 nitrogen and oxygen atoms in total. The second-order valence-electron chi connectivity index (χ2n) is 4.03. The van der Waals surface area contributed by atoms with Crippen LogP contribution in [0.15, 0.2) is 24.3 Å². The number of carbonyl (C=O) groups excluding carboxylic acids is 1. The molecule has 6 heteroatoms. The van der Waals surface area contributed by atoms with E-state index in [0.717, 1.165) is 0 Å². The van der Waals surface area contributed by atoms with Crippen LogP contribution >= 0.6 is 0 Å². The zero-order valence-electron chi connectivity index (χ0n) is 10.6. The van der Waals surface area contributed by atoms with Crippen LogP contribution in [0.2, 0.25) is 0 Å². The first-order valence-electron chi connectivity index (χ1n) is 5.89. The lowest BCUT2D eigenvalue weighted by Gasteiger charge is -2.09. The largest absolute Gasteiger partial charge is 0.494 e. The van der Waals surface area contributed by atoms with Crippen LogP contribution in [0.3, 0.4) is 0 Å². The molecule has 0 saturated heterocycles. The van der Waals surface area contributed by atoms with Crippen molar-refractivity contribution in [2.75, 3.05) is 6.61 Å². The summed E-state index contributed by atoms with van der Waals surface area (Å²) in [5.41, 5.74) is 0. The molecule has 104 valence electrons. The van der Waals surface area contributed by atoms with Crippen molar-refractivity contribution in [2.45, 2.75) is 25.8 Å². The van der Waals surface area contributed by atoms with Gasteiger partial charge in [0.15, 0.2) is 0 Å². The van der Waals surface area contributed by atoms with Crippen LogP contribution in [0, 0.1) is 5.82 Å². The van der Waals surface area contributed by atoms with Gasteiger partial charge in [-0.25, -0.2) is 4.39 Å². The van der Waals surface area contributed by atoms with Gasteiger partial charge in [-0.15, -0.1) is 0 Å². The molecule has 1 atom stereocenters. The highest BCUT2D eigenvalue weighted by Crippen LogP contribution is 2.11. The molecular weight excluding hydrogens is 253 g/mol. The molecule has 0 fully saturated rings. The highest BCUT2D eigenvalue weighted by atomic mass is 19.1. The van der Waals surface area contributed by atoms with Gasteiger partial charge >= 0.3 is 5.97 Å². The summed E-state index contributed by atoms with van der Waals surface area (Å²) >= 11 is 0. The van der Waals surface area contributed by atoms with Gasteiger partial charge in [-0.05, 0) is 37.6 Å². The van der Waals surface area contributed by atoms with Crippen LogP contribution < -0.4 is 10.1 Å². The highest BCUT2D eigenvalue weighted by molar-refractivity contribution is 5.83. The molecule has 0 bridgehead atoms. The van der Waals surface area contributed by atoms with Crippen LogP contribution in [-0.2, 0) is 9.59 Å². The number of ether oxygens (including phenoxy) is 1. The van der Waals surface area contributed by atoms with Gasteiger partial charge in [-0.3, -0.25) is 9.59 Å². The molecule has 0 aliphatic heterocycles. The molecule has 1 amide bonds. The average molecular weight is 269 g/mol. The van der Waals surface area contributed by atoms with Crippen molar-refractivity contribution in [3.05, 3.63) is 30.1 Å².